The Kier molecular flexibility index (Phi) is 6.21. The summed E-state index contributed by atoms with van der Waals surface area (Å²) in [4.78, 5) is 2.74. The number of hydrogen-bond donors (Lipinski definition) is 0. The Hall–Kier alpha value is 0.440. The maximum Gasteiger partial charge on any atom is 0.00954 e. The molecule has 15 heavy (non-hydrogen) atoms. The van der Waals surface area contributed by atoms with E-state index in [1.54, 1.807) is 0 Å². The van der Waals surface area contributed by atoms with Crippen LogP contribution in [0, 0.1) is 11.8 Å². The highest BCUT2D eigenvalue weighted by Crippen LogP contribution is 2.25. The summed E-state index contributed by atoms with van der Waals surface area (Å²) in [7, 11) is 0. The van der Waals surface area contributed by atoms with E-state index in [-0.39, 0.29) is 0 Å². The second kappa shape index (κ2) is 6.90. The van der Waals surface area contributed by atoms with Gasteiger partial charge < -0.3 is 0 Å². The Morgan fingerprint density at radius 3 is 2.20 bits per heavy atom. The zero-order valence-corrected chi connectivity index (χ0v) is 12.1. The van der Waals surface area contributed by atoms with Gasteiger partial charge in [-0.3, -0.25) is 4.90 Å². The van der Waals surface area contributed by atoms with Gasteiger partial charge in [0.2, 0.25) is 0 Å². The molecule has 0 aromatic rings. The number of hydrogen-bond acceptors (Lipinski definition) is 1. The van der Waals surface area contributed by atoms with Gasteiger partial charge in [0, 0.05) is 24.5 Å². The van der Waals surface area contributed by atoms with E-state index in [2.05, 4.69) is 41.6 Å². The van der Waals surface area contributed by atoms with Crippen molar-refractivity contribution in [1.82, 2.24) is 4.90 Å². The van der Waals surface area contributed by atoms with Crippen molar-refractivity contribution in [2.45, 2.75) is 52.5 Å². The summed E-state index contributed by atoms with van der Waals surface area (Å²) in [5, 5.41) is 1.13. The highest BCUT2D eigenvalue weighted by molar-refractivity contribution is 9.09. The zero-order chi connectivity index (χ0) is 11.3. The lowest BCUT2D eigenvalue weighted by atomic mass is 10.1. The molecule has 0 saturated heterocycles. The molecule has 0 aliphatic heterocycles. The number of rotatable bonds is 6. The molecule has 1 rings (SSSR count). The minimum atomic E-state index is 0.782. The molecule has 0 N–H and O–H groups in total. The summed E-state index contributed by atoms with van der Waals surface area (Å²) < 4.78 is 0. The molecule has 1 saturated carbocycles. The molecule has 1 aliphatic rings. The second-order valence-corrected chi connectivity index (χ2v) is 6.19. The molecule has 0 amide bonds. The van der Waals surface area contributed by atoms with Crippen LogP contribution in [0.4, 0.5) is 0 Å². The maximum absolute atomic E-state index is 3.59. The molecule has 0 bridgehead atoms. The third-order valence-corrected chi connectivity index (χ3v) is 4.36. The summed E-state index contributed by atoms with van der Waals surface area (Å²) in [5.74, 6) is 1.58. The van der Waals surface area contributed by atoms with Gasteiger partial charge in [0.25, 0.3) is 0 Å². The standard InChI is InChI=1S/C13H26BrN/c1-11(2)9-15(10-12(3)8-14)13-6-4-5-7-13/h11-13H,4-10H2,1-3H3. The topological polar surface area (TPSA) is 3.24 Å². The molecule has 0 aromatic heterocycles. The van der Waals surface area contributed by atoms with Crippen molar-refractivity contribution in [3.8, 4) is 0 Å². The van der Waals surface area contributed by atoms with Gasteiger partial charge in [0.15, 0.2) is 0 Å². The quantitative estimate of drug-likeness (QED) is 0.665. The predicted octanol–water partition coefficient (Wildman–Crippen LogP) is 3.92. The van der Waals surface area contributed by atoms with Gasteiger partial charge in [-0.25, -0.2) is 0 Å². The van der Waals surface area contributed by atoms with E-state index in [1.807, 2.05) is 0 Å². The first kappa shape index (κ1) is 13.5. The van der Waals surface area contributed by atoms with E-state index in [4.69, 9.17) is 0 Å². The largest absolute Gasteiger partial charge is 0.300 e. The fourth-order valence-corrected chi connectivity index (χ4v) is 2.76. The predicted molar refractivity (Wildman–Crippen MR) is 71.6 cm³/mol. The van der Waals surface area contributed by atoms with Crippen LogP contribution in [0.5, 0.6) is 0 Å². The molecule has 1 atom stereocenters. The fourth-order valence-electron chi connectivity index (χ4n) is 2.56. The average Bonchev–Trinajstić information content (AvgIpc) is 2.68. The lowest BCUT2D eigenvalue weighted by Crippen LogP contribution is -2.39. The monoisotopic (exact) mass is 275 g/mol. The van der Waals surface area contributed by atoms with E-state index in [9.17, 15) is 0 Å². The molecule has 90 valence electrons. The molecule has 0 aromatic carbocycles. The molecular formula is C13H26BrN. The summed E-state index contributed by atoms with van der Waals surface area (Å²) in [6.45, 7) is 9.56. The zero-order valence-electron chi connectivity index (χ0n) is 10.5. The first-order valence-corrected chi connectivity index (χ1v) is 7.55. The Bertz CT molecular complexity index is 164. The highest BCUT2D eigenvalue weighted by atomic mass is 79.9. The van der Waals surface area contributed by atoms with Crippen LogP contribution < -0.4 is 0 Å². The third-order valence-electron chi connectivity index (χ3n) is 3.25. The smallest absolute Gasteiger partial charge is 0.00954 e. The molecule has 1 fully saturated rings. The van der Waals surface area contributed by atoms with E-state index in [0.29, 0.717) is 0 Å². The van der Waals surface area contributed by atoms with Gasteiger partial charge in [-0.1, -0.05) is 49.5 Å². The first-order valence-electron chi connectivity index (χ1n) is 6.43. The summed E-state index contributed by atoms with van der Waals surface area (Å²) in [6, 6.07) is 0.883. The van der Waals surface area contributed by atoms with E-state index in [1.165, 1.54) is 38.8 Å². The normalized spacial score (nSPS) is 20.4. The summed E-state index contributed by atoms with van der Waals surface area (Å²) in [6.07, 6.45) is 5.76. The number of nitrogens with zero attached hydrogens (tertiary/aromatic N) is 1. The van der Waals surface area contributed by atoms with Crippen LogP contribution in [0.1, 0.15) is 46.5 Å². The molecule has 1 unspecified atom stereocenters. The van der Waals surface area contributed by atoms with Crippen molar-refractivity contribution in [1.29, 1.82) is 0 Å². The second-order valence-electron chi connectivity index (χ2n) is 5.55. The van der Waals surface area contributed by atoms with Crippen molar-refractivity contribution in [2.24, 2.45) is 11.8 Å². The third kappa shape index (κ3) is 4.86. The lowest BCUT2D eigenvalue weighted by molar-refractivity contribution is 0.159. The van der Waals surface area contributed by atoms with Crippen molar-refractivity contribution in [3.05, 3.63) is 0 Å². The SMILES string of the molecule is CC(C)CN(CC(C)CBr)C1CCCC1. The van der Waals surface area contributed by atoms with Gasteiger partial charge in [-0.15, -0.1) is 0 Å². The molecule has 0 radical (unpaired) electrons. The molecular weight excluding hydrogens is 250 g/mol. The Morgan fingerprint density at radius 1 is 1.13 bits per heavy atom. The van der Waals surface area contributed by atoms with Crippen LogP contribution in [-0.4, -0.2) is 29.4 Å². The van der Waals surface area contributed by atoms with E-state index in [0.717, 1.165) is 23.2 Å². The number of halogens is 1. The fraction of sp³-hybridized carbons (Fsp3) is 1.00. The van der Waals surface area contributed by atoms with Crippen LogP contribution in [0.15, 0.2) is 0 Å². The molecule has 0 spiro atoms. The van der Waals surface area contributed by atoms with Crippen LogP contribution in [-0.2, 0) is 0 Å². The van der Waals surface area contributed by atoms with Crippen molar-refractivity contribution >= 4 is 15.9 Å². The minimum Gasteiger partial charge on any atom is -0.300 e. The van der Waals surface area contributed by atoms with Gasteiger partial charge in [-0.2, -0.15) is 0 Å². The van der Waals surface area contributed by atoms with Crippen molar-refractivity contribution < 1.29 is 0 Å². The van der Waals surface area contributed by atoms with Crippen LogP contribution in [0.3, 0.4) is 0 Å². The van der Waals surface area contributed by atoms with E-state index < -0.39 is 0 Å². The lowest BCUT2D eigenvalue weighted by Gasteiger charge is -2.32. The Balaban J connectivity index is 2.43. The van der Waals surface area contributed by atoms with Crippen molar-refractivity contribution in [2.75, 3.05) is 18.4 Å². The summed E-state index contributed by atoms with van der Waals surface area (Å²) in [5.41, 5.74) is 0. The molecule has 1 nitrogen and oxygen atoms in total. The van der Waals surface area contributed by atoms with Gasteiger partial charge in [-0.05, 0) is 24.7 Å². The minimum absolute atomic E-state index is 0.782. The van der Waals surface area contributed by atoms with Crippen LogP contribution >= 0.6 is 15.9 Å². The molecule has 1 aliphatic carbocycles. The molecule has 0 heterocycles. The maximum atomic E-state index is 3.59. The number of alkyl halides is 1. The Labute approximate surface area is 104 Å². The van der Waals surface area contributed by atoms with Crippen LogP contribution in [0.25, 0.3) is 0 Å². The Morgan fingerprint density at radius 2 is 1.73 bits per heavy atom. The van der Waals surface area contributed by atoms with E-state index >= 15 is 0 Å². The van der Waals surface area contributed by atoms with Crippen LogP contribution in [0.2, 0.25) is 0 Å². The highest BCUT2D eigenvalue weighted by Gasteiger charge is 2.23. The van der Waals surface area contributed by atoms with Crippen molar-refractivity contribution in [3.63, 3.8) is 0 Å². The average molecular weight is 276 g/mol. The van der Waals surface area contributed by atoms with Gasteiger partial charge >= 0.3 is 0 Å². The molecule has 2 heteroatoms. The van der Waals surface area contributed by atoms with Gasteiger partial charge in [0.1, 0.15) is 0 Å². The summed E-state index contributed by atoms with van der Waals surface area (Å²) >= 11 is 3.59. The first-order chi connectivity index (χ1) is 7.13. The van der Waals surface area contributed by atoms with Gasteiger partial charge in [0.05, 0.1) is 0 Å².